The second-order valence-electron chi connectivity index (χ2n) is 4.06. The van der Waals surface area contributed by atoms with E-state index in [4.69, 9.17) is 17.3 Å². The highest BCUT2D eigenvalue weighted by molar-refractivity contribution is 6.30. The largest absolute Gasteiger partial charge is 0.324 e. The van der Waals surface area contributed by atoms with Crippen molar-refractivity contribution in [3.63, 3.8) is 0 Å². The van der Waals surface area contributed by atoms with E-state index in [-0.39, 0.29) is 6.04 Å². The molecule has 0 spiro atoms. The van der Waals surface area contributed by atoms with Gasteiger partial charge in [-0.05, 0) is 48.4 Å². The molecule has 2 heteroatoms. The van der Waals surface area contributed by atoms with E-state index in [9.17, 15) is 0 Å². The number of aryl methyl sites for hydroxylation is 1. The van der Waals surface area contributed by atoms with E-state index in [0.717, 1.165) is 11.4 Å². The van der Waals surface area contributed by atoms with Crippen LogP contribution in [0.3, 0.4) is 0 Å². The zero-order chi connectivity index (χ0) is 10.1. The van der Waals surface area contributed by atoms with Crippen molar-refractivity contribution >= 4 is 11.6 Å². The van der Waals surface area contributed by atoms with Gasteiger partial charge in [0.2, 0.25) is 0 Å². The maximum absolute atomic E-state index is 6.19. The van der Waals surface area contributed by atoms with Crippen LogP contribution in [0.15, 0.2) is 18.2 Å². The molecule has 1 aromatic carbocycles. The van der Waals surface area contributed by atoms with Crippen LogP contribution in [-0.4, -0.2) is 0 Å². The van der Waals surface area contributed by atoms with Crippen LogP contribution in [0, 0.1) is 5.92 Å². The molecule has 0 aromatic heterocycles. The first-order valence-corrected chi connectivity index (χ1v) is 5.64. The minimum Gasteiger partial charge on any atom is -0.324 e. The topological polar surface area (TPSA) is 26.0 Å². The lowest BCUT2D eigenvalue weighted by Gasteiger charge is -2.15. The monoisotopic (exact) mass is 209 g/mol. The van der Waals surface area contributed by atoms with Gasteiger partial charge in [0.25, 0.3) is 0 Å². The smallest absolute Gasteiger partial charge is 0.0409 e. The van der Waals surface area contributed by atoms with Crippen LogP contribution >= 0.6 is 11.6 Å². The number of rotatable bonds is 3. The minimum atomic E-state index is 0.198. The van der Waals surface area contributed by atoms with E-state index in [2.05, 4.69) is 13.0 Å². The predicted octanol–water partition coefficient (Wildman–Crippen LogP) is 3.31. The van der Waals surface area contributed by atoms with Gasteiger partial charge in [-0.25, -0.2) is 0 Å². The molecular weight excluding hydrogens is 194 g/mol. The molecule has 1 aliphatic carbocycles. The van der Waals surface area contributed by atoms with Gasteiger partial charge in [0, 0.05) is 11.1 Å². The summed E-state index contributed by atoms with van der Waals surface area (Å²) in [6, 6.07) is 6.27. The maximum atomic E-state index is 6.19. The third-order valence-electron chi connectivity index (χ3n) is 2.98. The predicted molar refractivity (Wildman–Crippen MR) is 60.5 cm³/mol. The number of hydrogen-bond donors (Lipinski definition) is 1. The molecule has 2 rings (SSSR count). The Kier molecular flexibility index (Phi) is 2.80. The first kappa shape index (κ1) is 10.0. The number of nitrogens with two attached hydrogens (primary N) is 1. The van der Waals surface area contributed by atoms with Gasteiger partial charge in [0.1, 0.15) is 0 Å². The van der Waals surface area contributed by atoms with Gasteiger partial charge in [0.15, 0.2) is 0 Å². The van der Waals surface area contributed by atoms with Gasteiger partial charge >= 0.3 is 0 Å². The van der Waals surface area contributed by atoms with E-state index in [1.54, 1.807) is 0 Å². The first-order valence-electron chi connectivity index (χ1n) is 5.26. The first-order chi connectivity index (χ1) is 6.72. The van der Waals surface area contributed by atoms with Crippen molar-refractivity contribution in [1.29, 1.82) is 0 Å². The Morgan fingerprint density at radius 1 is 1.50 bits per heavy atom. The fraction of sp³-hybridized carbons (Fsp3) is 0.500. The molecular formula is C12H16ClN. The fourth-order valence-corrected chi connectivity index (χ4v) is 2.09. The van der Waals surface area contributed by atoms with Crippen molar-refractivity contribution in [2.45, 2.75) is 32.2 Å². The number of halogens is 1. The molecule has 0 amide bonds. The van der Waals surface area contributed by atoms with E-state index >= 15 is 0 Å². The third-order valence-corrected chi connectivity index (χ3v) is 3.21. The van der Waals surface area contributed by atoms with Crippen LogP contribution < -0.4 is 5.73 Å². The fourth-order valence-electron chi connectivity index (χ4n) is 1.91. The minimum absolute atomic E-state index is 0.198. The molecule has 2 N–H and O–H groups in total. The molecule has 0 heterocycles. The van der Waals surface area contributed by atoms with E-state index in [1.165, 1.54) is 24.0 Å². The molecule has 1 saturated carbocycles. The molecule has 1 atom stereocenters. The van der Waals surface area contributed by atoms with Gasteiger partial charge in [-0.15, -0.1) is 0 Å². The van der Waals surface area contributed by atoms with Crippen LogP contribution in [0.1, 0.15) is 36.9 Å². The Morgan fingerprint density at radius 3 is 2.79 bits per heavy atom. The molecule has 1 nitrogen and oxygen atoms in total. The summed E-state index contributed by atoms with van der Waals surface area (Å²) in [4.78, 5) is 0. The van der Waals surface area contributed by atoms with Crippen LogP contribution in [0.25, 0.3) is 0 Å². The van der Waals surface area contributed by atoms with Gasteiger partial charge in [0.05, 0.1) is 0 Å². The van der Waals surface area contributed by atoms with Gasteiger partial charge < -0.3 is 5.73 Å². The highest BCUT2D eigenvalue weighted by Gasteiger charge is 2.30. The molecule has 1 aromatic rings. The Labute approximate surface area is 90.3 Å². The highest BCUT2D eigenvalue weighted by Crippen LogP contribution is 2.40. The normalized spacial score (nSPS) is 18.2. The lowest BCUT2D eigenvalue weighted by atomic mass is 9.96. The molecule has 0 bridgehead atoms. The van der Waals surface area contributed by atoms with Gasteiger partial charge in [-0.1, -0.05) is 24.6 Å². The number of benzene rings is 1. The van der Waals surface area contributed by atoms with Crippen LogP contribution in [-0.2, 0) is 6.42 Å². The van der Waals surface area contributed by atoms with Gasteiger partial charge in [-0.3, -0.25) is 0 Å². The standard InChI is InChI=1S/C12H16ClN/c1-2-8-5-6-10(13)7-11(8)12(14)9-3-4-9/h5-7,9,12H,2-4,14H2,1H3. The van der Waals surface area contributed by atoms with Crippen molar-refractivity contribution in [2.75, 3.05) is 0 Å². The van der Waals surface area contributed by atoms with Crippen LogP contribution in [0.4, 0.5) is 0 Å². The average Bonchev–Trinajstić information content (AvgIpc) is 3.00. The summed E-state index contributed by atoms with van der Waals surface area (Å²) in [5, 5.41) is 0.799. The zero-order valence-electron chi connectivity index (χ0n) is 8.46. The van der Waals surface area contributed by atoms with Crippen molar-refractivity contribution in [1.82, 2.24) is 0 Å². The zero-order valence-corrected chi connectivity index (χ0v) is 9.22. The molecule has 0 saturated heterocycles. The lowest BCUT2D eigenvalue weighted by molar-refractivity contribution is 0.627. The maximum Gasteiger partial charge on any atom is 0.0409 e. The summed E-state index contributed by atoms with van der Waals surface area (Å²) in [7, 11) is 0. The van der Waals surface area contributed by atoms with Crippen molar-refractivity contribution < 1.29 is 0 Å². The van der Waals surface area contributed by atoms with Crippen LogP contribution in [0.5, 0.6) is 0 Å². The molecule has 1 unspecified atom stereocenters. The third kappa shape index (κ3) is 1.94. The second kappa shape index (κ2) is 3.92. The quantitative estimate of drug-likeness (QED) is 0.812. The summed E-state index contributed by atoms with van der Waals surface area (Å²) in [5.41, 5.74) is 8.78. The summed E-state index contributed by atoms with van der Waals surface area (Å²) >= 11 is 5.99. The summed E-state index contributed by atoms with van der Waals surface area (Å²) in [6.07, 6.45) is 3.58. The Balaban J connectivity index is 2.32. The molecule has 1 fully saturated rings. The Bertz CT molecular complexity index is 331. The molecule has 1 aliphatic rings. The lowest BCUT2D eigenvalue weighted by Crippen LogP contribution is -2.14. The second-order valence-corrected chi connectivity index (χ2v) is 4.50. The summed E-state index contributed by atoms with van der Waals surface area (Å²) < 4.78 is 0. The Hall–Kier alpha value is -0.530. The van der Waals surface area contributed by atoms with E-state index < -0.39 is 0 Å². The van der Waals surface area contributed by atoms with Crippen molar-refractivity contribution in [2.24, 2.45) is 11.7 Å². The van der Waals surface area contributed by atoms with E-state index in [1.807, 2.05) is 12.1 Å². The SMILES string of the molecule is CCc1ccc(Cl)cc1C(N)C1CC1. The van der Waals surface area contributed by atoms with Crippen LogP contribution in [0.2, 0.25) is 5.02 Å². The van der Waals surface area contributed by atoms with Gasteiger partial charge in [-0.2, -0.15) is 0 Å². The van der Waals surface area contributed by atoms with E-state index in [0.29, 0.717) is 5.92 Å². The Morgan fingerprint density at radius 2 is 2.21 bits per heavy atom. The average molecular weight is 210 g/mol. The molecule has 76 valence electrons. The molecule has 0 radical (unpaired) electrons. The summed E-state index contributed by atoms with van der Waals surface area (Å²) in [6.45, 7) is 2.16. The molecule has 0 aliphatic heterocycles. The molecule has 14 heavy (non-hydrogen) atoms. The number of hydrogen-bond acceptors (Lipinski definition) is 1. The van der Waals surface area contributed by atoms with Crippen molar-refractivity contribution in [3.05, 3.63) is 34.3 Å². The highest BCUT2D eigenvalue weighted by atomic mass is 35.5. The summed E-state index contributed by atoms with van der Waals surface area (Å²) in [5.74, 6) is 0.693. The van der Waals surface area contributed by atoms with Crippen molar-refractivity contribution in [3.8, 4) is 0 Å².